The van der Waals surface area contributed by atoms with Crippen molar-refractivity contribution in [1.29, 1.82) is 0 Å². The third-order valence-corrected chi connectivity index (χ3v) is 4.15. The van der Waals surface area contributed by atoms with Gasteiger partial charge < -0.3 is 14.6 Å². The molecule has 1 saturated carbocycles. The first-order valence-corrected chi connectivity index (χ1v) is 7.36. The van der Waals surface area contributed by atoms with E-state index in [1.165, 1.54) is 6.42 Å². The van der Waals surface area contributed by atoms with Crippen LogP contribution in [0.15, 0.2) is 0 Å². The lowest BCUT2D eigenvalue weighted by atomic mass is 9.87. The molecule has 2 aliphatic rings. The Labute approximate surface area is 115 Å². The second-order valence-corrected chi connectivity index (χ2v) is 6.88. The standard InChI is InChI=1S/C15H26O4/c1-14(2,3)13(17)9-11(16)12-10-18-15(19-12)7-5-4-6-8-15/h11-12,16H,4-10H2,1-3H3/t11?,12-/m1/s1. The lowest BCUT2D eigenvalue weighted by Gasteiger charge is -2.32. The SMILES string of the molecule is CC(C)(C)C(=O)CC(O)[C@H]1COC2(CCCCC2)O1. The van der Waals surface area contributed by atoms with Crippen LogP contribution in [0.2, 0.25) is 0 Å². The Morgan fingerprint density at radius 3 is 2.53 bits per heavy atom. The number of carbonyl (C=O) groups excluding carboxylic acids is 1. The van der Waals surface area contributed by atoms with E-state index in [0.29, 0.717) is 6.61 Å². The fraction of sp³-hybridized carbons (Fsp3) is 0.933. The molecule has 1 unspecified atom stereocenters. The van der Waals surface area contributed by atoms with E-state index >= 15 is 0 Å². The van der Waals surface area contributed by atoms with E-state index in [9.17, 15) is 9.90 Å². The van der Waals surface area contributed by atoms with Crippen molar-refractivity contribution in [2.75, 3.05) is 6.61 Å². The van der Waals surface area contributed by atoms with Gasteiger partial charge in [-0.25, -0.2) is 0 Å². The third kappa shape index (κ3) is 3.56. The number of aliphatic hydroxyl groups excluding tert-OH is 1. The van der Waals surface area contributed by atoms with Crippen LogP contribution < -0.4 is 0 Å². The summed E-state index contributed by atoms with van der Waals surface area (Å²) >= 11 is 0. The molecule has 0 radical (unpaired) electrons. The van der Waals surface area contributed by atoms with Crippen molar-refractivity contribution in [3.05, 3.63) is 0 Å². The Morgan fingerprint density at radius 2 is 1.95 bits per heavy atom. The molecule has 1 saturated heterocycles. The number of ether oxygens (including phenoxy) is 2. The lowest BCUT2D eigenvalue weighted by Crippen LogP contribution is -2.37. The van der Waals surface area contributed by atoms with Gasteiger partial charge in [-0.15, -0.1) is 0 Å². The van der Waals surface area contributed by atoms with Gasteiger partial charge in [0, 0.05) is 24.7 Å². The van der Waals surface area contributed by atoms with Crippen molar-refractivity contribution in [2.45, 2.75) is 77.3 Å². The van der Waals surface area contributed by atoms with Crippen molar-refractivity contribution < 1.29 is 19.4 Å². The van der Waals surface area contributed by atoms with E-state index in [-0.39, 0.29) is 18.3 Å². The quantitative estimate of drug-likeness (QED) is 0.855. The van der Waals surface area contributed by atoms with Gasteiger partial charge in [-0.3, -0.25) is 4.79 Å². The van der Waals surface area contributed by atoms with E-state index in [0.717, 1.165) is 25.7 Å². The monoisotopic (exact) mass is 270 g/mol. The molecule has 2 rings (SSSR count). The maximum absolute atomic E-state index is 11.9. The van der Waals surface area contributed by atoms with Crippen LogP contribution in [0.1, 0.15) is 59.3 Å². The molecule has 2 atom stereocenters. The van der Waals surface area contributed by atoms with Crippen molar-refractivity contribution in [1.82, 2.24) is 0 Å². The molecule has 1 spiro atoms. The molecule has 1 N–H and O–H groups in total. The summed E-state index contributed by atoms with van der Waals surface area (Å²) in [5, 5.41) is 10.2. The summed E-state index contributed by atoms with van der Waals surface area (Å²) in [4.78, 5) is 11.9. The first kappa shape index (κ1) is 14.9. The van der Waals surface area contributed by atoms with Crippen LogP contribution in [0.25, 0.3) is 0 Å². The summed E-state index contributed by atoms with van der Waals surface area (Å²) in [7, 11) is 0. The second-order valence-electron chi connectivity index (χ2n) is 6.88. The molecule has 19 heavy (non-hydrogen) atoms. The number of ketones is 1. The Hall–Kier alpha value is -0.450. The highest BCUT2D eigenvalue weighted by molar-refractivity contribution is 5.84. The number of rotatable bonds is 3. The Kier molecular flexibility index (Phi) is 4.33. The lowest BCUT2D eigenvalue weighted by molar-refractivity contribution is -0.196. The Morgan fingerprint density at radius 1 is 1.32 bits per heavy atom. The van der Waals surface area contributed by atoms with Crippen LogP contribution in [-0.4, -0.2) is 35.5 Å². The zero-order chi connectivity index (χ0) is 14.1. The fourth-order valence-electron chi connectivity index (χ4n) is 2.75. The predicted molar refractivity (Wildman–Crippen MR) is 71.7 cm³/mol. The number of carbonyl (C=O) groups is 1. The number of Topliss-reactive ketones (excluding diaryl/α,β-unsaturated/α-hetero) is 1. The van der Waals surface area contributed by atoms with Crippen LogP contribution >= 0.6 is 0 Å². The predicted octanol–water partition coefficient (Wildman–Crippen LogP) is 2.43. The molecule has 1 aliphatic heterocycles. The zero-order valence-corrected chi connectivity index (χ0v) is 12.3. The topological polar surface area (TPSA) is 55.8 Å². The Bertz CT molecular complexity index is 326. The summed E-state index contributed by atoms with van der Waals surface area (Å²) < 4.78 is 11.7. The second kappa shape index (κ2) is 5.51. The maximum Gasteiger partial charge on any atom is 0.169 e. The fourth-order valence-corrected chi connectivity index (χ4v) is 2.75. The van der Waals surface area contributed by atoms with Gasteiger partial charge >= 0.3 is 0 Å². The molecule has 1 aliphatic carbocycles. The molecule has 0 aromatic rings. The summed E-state index contributed by atoms with van der Waals surface area (Å²) in [5.41, 5.74) is -0.414. The number of aliphatic hydroxyl groups is 1. The van der Waals surface area contributed by atoms with E-state index < -0.39 is 17.3 Å². The van der Waals surface area contributed by atoms with Gasteiger partial charge in [-0.2, -0.15) is 0 Å². The van der Waals surface area contributed by atoms with Crippen molar-refractivity contribution in [3.63, 3.8) is 0 Å². The molecule has 110 valence electrons. The van der Waals surface area contributed by atoms with Crippen LogP contribution in [-0.2, 0) is 14.3 Å². The van der Waals surface area contributed by atoms with Gasteiger partial charge in [0.2, 0.25) is 0 Å². The van der Waals surface area contributed by atoms with Crippen molar-refractivity contribution >= 4 is 5.78 Å². The van der Waals surface area contributed by atoms with E-state index in [1.54, 1.807) is 0 Å². The van der Waals surface area contributed by atoms with E-state index in [4.69, 9.17) is 9.47 Å². The molecule has 2 fully saturated rings. The molecule has 0 amide bonds. The van der Waals surface area contributed by atoms with Crippen molar-refractivity contribution in [3.8, 4) is 0 Å². The summed E-state index contributed by atoms with van der Waals surface area (Å²) in [6.07, 6.45) is 4.30. The number of hydrogen-bond donors (Lipinski definition) is 1. The van der Waals surface area contributed by atoms with Crippen molar-refractivity contribution in [2.24, 2.45) is 5.41 Å². The van der Waals surface area contributed by atoms with Crippen LogP contribution in [0, 0.1) is 5.41 Å². The van der Waals surface area contributed by atoms with Gasteiger partial charge in [0.25, 0.3) is 0 Å². The molecule has 4 nitrogen and oxygen atoms in total. The smallest absolute Gasteiger partial charge is 0.169 e. The van der Waals surface area contributed by atoms with Gasteiger partial charge in [-0.05, 0) is 12.8 Å². The number of hydrogen-bond acceptors (Lipinski definition) is 4. The Balaban J connectivity index is 1.88. The van der Waals surface area contributed by atoms with Gasteiger partial charge in [-0.1, -0.05) is 27.2 Å². The van der Waals surface area contributed by atoms with Gasteiger partial charge in [0.1, 0.15) is 11.9 Å². The molecule has 0 aromatic carbocycles. The molecule has 0 aromatic heterocycles. The molecular weight excluding hydrogens is 244 g/mol. The zero-order valence-electron chi connectivity index (χ0n) is 12.3. The highest BCUT2D eigenvalue weighted by atomic mass is 16.7. The van der Waals surface area contributed by atoms with Gasteiger partial charge in [0.15, 0.2) is 5.79 Å². The minimum atomic E-state index is -0.756. The van der Waals surface area contributed by atoms with Crippen LogP contribution in [0.4, 0.5) is 0 Å². The summed E-state index contributed by atoms with van der Waals surface area (Å²) in [6, 6.07) is 0. The molecule has 0 bridgehead atoms. The van der Waals surface area contributed by atoms with Crippen LogP contribution in [0.3, 0.4) is 0 Å². The minimum Gasteiger partial charge on any atom is -0.390 e. The average molecular weight is 270 g/mol. The minimum absolute atomic E-state index is 0.0631. The maximum atomic E-state index is 11.9. The molecule has 1 heterocycles. The van der Waals surface area contributed by atoms with Crippen LogP contribution in [0.5, 0.6) is 0 Å². The van der Waals surface area contributed by atoms with E-state index in [1.807, 2.05) is 20.8 Å². The highest BCUT2D eigenvalue weighted by Crippen LogP contribution is 2.38. The first-order valence-electron chi connectivity index (χ1n) is 7.36. The largest absolute Gasteiger partial charge is 0.390 e. The summed E-state index contributed by atoms with van der Waals surface area (Å²) in [5.74, 6) is -0.414. The van der Waals surface area contributed by atoms with E-state index in [2.05, 4.69) is 0 Å². The normalized spacial score (nSPS) is 28.5. The molecule has 4 heteroatoms. The average Bonchev–Trinajstić information content (AvgIpc) is 2.73. The molecular formula is C15H26O4. The summed E-state index contributed by atoms with van der Waals surface area (Å²) in [6.45, 7) is 6.02. The highest BCUT2D eigenvalue weighted by Gasteiger charge is 2.45. The first-order chi connectivity index (χ1) is 8.82. The third-order valence-electron chi connectivity index (χ3n) is 4.15. The van der Waals surface area contributed by atoms with Gasteiger partial charge in [0.05, 0.1) is 12.7 Å².